The second-order valence-corrected chi connectivity index (χ2v) is 8.71. The van der Waals surface area contributed by atoms with E-state index in [4.69, 9.17) is 0 Å². The molecule has 1 aliphatic rings. The first-order valence-corrected chi connectivity index (χ1v) is 11.5. The monoisotopic (exact) mass is 422 g/mol. The van der Waals surface area contributed by atoms with Crippen molar-refractivity contribution in [3.05, 3.63) is 58.9 Å². The lowest BCUT2D eigenvalue weighted by molar-refractivity contribution is -0.116. The van der Waals surface area contributed by atoms with Crippen LogP contribution in [0.3, 0.4) is 0 Å². The van der Waals surface area contributed by atoms with Gasteiger partial charge in [-0.1, -0.05) is 30.3 Å². The zero-order chi connectivity index (χ0) is 20.8. The number of H-pyrrole nitrogens is 1. The van der Waals surface area contributed by atoms with E-state index in [1.54, 1.807) is 6.07 Å². The van der Waals surface area contributed by atoms with Crippen LogP contribution in [-0.4, -0.2) is 52.1 Å². The van der Waals surface area contributed by atoms with Gasteiger partial charge in [0, 0.05) is 47.7 Å². The summed E-state index contributed by atoms with van der Waals surface area (Å²) in [6.45, 7) is 3.41. The number of aromatic amines is 1. The molecule has 30 heavy (non-hydrogen) atoms. The average Bonchev–Trinajstić information content (AvgIpc) is 2.78. The Morgan fingerprint density at radius 2 is 1.87 bits per heavy atom. The minimum Gasteiger partial charge on any atom is -0.326 e. The van der Waals surface area contributed by atoms with Crippen molar-refractivity contribution in [1.29, 1.82) is 0 Å². The first-order chi connectivity index (χ1) is 14.7. The number of nitrogens with one attached hydrogen (secondary N) is 2. The Morgan fingerprint density at radius 1 is 1.07 bits per heavy atom. The fourth-order valence-corrected chi connectivity index (χ4v) is 4.73. The Bertz CT molecular complexity index is 1080. The molecule has 0 aliphatic carbocycles. The van der Waals surface area contributed by atoms with E-state index >= 15 is 0 Å². The van der Waals surface area contributed by atoms with Crippen LogP contribution in [0, 0.1) is 0 Å². The van der Waals surface area contributed by atoms with Gasteiger partial charge in [-0.3, -0.25) is 9.59 Å². The molecule has 0 atom stereocenters. The van der Waals surface area contributed by atoms with Crippen LogP contribution in [0.25, 0.3) is 22.0 Å². The summed E-state index contributed by atoms with van der Waals surface area (Å²) in [6.07, 6.45) is 2.46. The van der Waals surface area contributed by atoms with E-state index in [0.717, 1.165) is 49.1 Å². The van der Waals surface area contributed by atoms with Crippen LogP contribution in [0.4, 0.5) is 5.69 Å². The van der Waals surface area contributed by atoms with Gasteiger partial charge in [-0.15, -0.1) is 0 Å². The van der Waals surface area contributed by atoms with Crippen molar-refractivity contribution in [3.8, 4) is 11.3 Å². The van der Waals surface area contributed by atoms with Gasteiger partial charge >= 0.3 is 0 Å². The largest absolute Gasteiger partial charge is 0.326 e. The molecule has 0 bridgehead atoms. The van der Waals surface area contributed by atoms with Crippen molar-refractivity contribution in [2.45, 2.75) is 19.3 Å². The number of hydrogen-bond acceptors (Lipinski definition) is 5. The van der Waals surface area contributed by atoms with E-state index in [1.807, 2.05) is 54.2 Å². The smallest absolute Gasteiger partial charge is 0.272 e. The Hall–Kier alpha value is -2.64. The summed E-state index contributed by atoms with van der Waals surface area (Å²) in [5, 5.41) is 11.2. The number of thioether (sulfide) groups is 1. The van der Waals surface area contributed by atoms with E-state index in [9.17, 15) is 9.59 Å². The topological polar surface area (TPSA) is 78.1 Å². The van der Waals surface area contributed by atoms with Crippen LogP contribution in [0.1, 0.15) is 19.3 Å². The summed E-state index contributed by atoms with van der Waals surface area (Å²) in [6, 6.07) is 15.0. The highest BCUT2D eigenvalue weighted by Gasteiger charge is 2.11. The highest BCUT2D eigenvalue weighted by atomic mass is 32.2. The van der Waals surface area contributed by atoms with Gasteiger partial charge in [0.1, 0.15) is 0 Å². The first kappa shape index (κ1) is 20.6. The number of nitrogens with zero attached hydrogens (tertiary/aromatic N) is 2. The summed E-state index contributed by atoms with van der Waals surface area (Å²) in [7, 11) is 0. The second kappa shape index (κ2) is 9.91. The number of rotatable bonds is 7. The number of carbonyl (C=O) groups excluding carboxylic acids is 1. The summed E-state index contributed by atoms with van der Waals surface area (Å²) in [5.74, 6) is 2.47. The molecule has 1 amide bonds. The number of benzene rings is 2. The number of anilines is 1. The average molecular weight is 423 g/mol. The molecule has 0 spiro atoms. The first-order valence-electron chi connectivity index (χ1n) is 10.4. The van der Waals surface area contributed by atoms with Gasteiger partial charge in [0.25, 0.3) is 5.56 Å². The van der Waals surface area contributed by atoms with Crippen molar-refractivity contribution in [2.75, 3.05) is 36.5 Å². The van der Waals surface area contributed by atoms with Crippen molar-refractivity contribution in [1.82, 2.24) is 15.1 Å². The SMILES string of the molecule is O=C(CCCCN1CCSCC1)Nc1cccc(-c2n[nH]c(=O)c3ccccc23)c1. The number of amides is 1. The van der Waals surface area contributed by atoms with Crippen LogP contribution in [0.5, 0.6) is 0 Å². The van der Waals surface area contributed by atoms with Gasteiger partial charge in [-0.05, 0) is 37.6 Å². The lowest BCUT2D eigenvalue weighted by Gasteiger charge is -2.25. The number of fused-ring (bicyclic) bond motifs is 1. The van der Waals surface area contributed by atoms with Gasteiger partial charge in [-0.25, -0.2) is 5.10 Å². The number of hydrogen-bond donors (Lipinski definition) is 2. The summed E-state index contributed by atoms with van der Waals surface area (Å²) >= 11 is 2.02. The molecule has 3 aromatic rings. The molecule has 1 aromatic heterocycles. The fraction of sp³-hybridized carbons (Fsp3) is 0.348. The lowest BCUT2D eigenvalue weighted by Crippen LogP contribution is -2.33. The maximum Gasteiger partial charge on any atom is 0.272 e. The summed E-state index contributed by atoms with van der Waals surface area (Å²) in [4.78, 5) is 26.9. The molecular weight excluding hydrogens is 396 g/mol. The maximum atomic E-state index is 12.4. The fourth-order valence-electron chi connectivity index (χ4n) is 3.75. The molecular formula is C23H26N4O2S. The Morgan fingerprint density at radius 3 is 2.70 bits per heavy atom. The second-order valence-electron chi connectivity index (χ2n) is 7.49. The highest BCUT2D eigenvalue weighted by molar-refractivity contribution is 7.99. The Labute approximate surface area is 180 Å². The van der Waals surface area contributed by atoms with Crippen molar-refractivity contribution in [2.24, 2.45) is 0 Å². The molecule has 2 N–H and O–H groups in total. The summed E-state index contributed by atoms with van der Waals surface area (Å²) < 4.78 is 0. The Kier molecular flexibility index (Phi) is 6.81. The third-order valence-corrected chi connectivity index (χ3v) is 6.29. The van der Waals surface area contributed by atoms with E-state index < -0.39 is 0 Å². The minimum atomic E-state index is -0.206. The van der Waals surface area contributed by atoms with Crippen molar-refractivity contribution >= 4 is 34.1 Å². The maximum absolute atomic E-state index is 12.4. The molecule has 2 heterocycles. The molecule has 6 nitrogen and oxygen atoms in total. The van der Waals surface area contributed by atoms with Crippen molar-refractivity contribution in [3.63, 3.8) is 0 Å². The highest BCUT2D eigenvalue weighted by Crippen LogP contribution is 2.26. The van der Waals surface area contributed by atoms with Crippen LogP contribution in [0.15, 0.2) is 53.3 Å². The quantitative estimate of drug-likeness (QED) is 0.567. The zero-order valence-electron chi connectivity index (χ0n) is 16.9. The molecule has 4 rings (SSSR count). The molecule has 0 unspecified atom stereocenters. The van der Waals surface area contributed by atoms with Crippen LogP contribution < -0.4 is 10.9 Å². The minimum absolute atomic E-state index is 0.0284. The third kappa shape index (κ3) is 5.09. The Balaban J connectivity index is 1.37. The molecule has 0 radical (unpaired) electrons. The standard InChI is InChI=1S/C23H26N4O2S/c28-21(10-3-4-11-27-12-14-30-15-13-27)24-18-7-5-6-17(16-18)22-19-8-1-2-9-20(19)23(29)26-25-22/h1-2,5-9,16H,3-4,10-15H2,(H,24,28)(H,26,29). The molecule has 2 aromatic carbocycles. The molecule has 1 fully saturated rings. The normalized spacial score (nSPS) is 14.7. The van der Waals surface area contributed by atoms with E-state index in [1.165, 1.54) is 11.5 Å². The lowest BCUT2D eigenvalue weighted by atomic mass is 10.0. The van der Waals surface area contributed by atoms with Gasteiger partial charge in [0.05, 0.1) is 11.1 Å². The van der Waals surface area contributed by atoms with Gasteiger partial charge < -0.3 is 10.2 Å². The van der Waals surface area contributed by atoms with E-state index in [0.29, 0.717) is 17.5 Å². The molecule has 0 saturated carbocycles. The van der Waals surface area contributed by atoms with E-state index in [2.05, 4.69) is 20.4 Å². The third-order valence-electron chi connectivity index (χ3n) is 5.35. The van der Waals surface area contributed by atoms with Gasteiger partial charge in [0.2, 0.25) is 5.91 Å². The van der Waals surface area contributed by atoms with Crippen molar-refractivity contribution < 1.29 is 4.79 Å². The predicted molar refractivity (Wildman–Crippen MR) is 124 cm³/mol. The number of aromatic nitrogens is 2. The predicted octanol–water partition coefficient (Wildman–Crippen LogP) is 3.75. The van der Waals surface area contributed by atoms with E-state index in [-0.39, 0.29) is 11.5 Å². The van der Waals surface area contributed by atoms with Gasteiger partial charge in [0.15, 0.2) is 0 Å². The molecule has 1 saturated heterocycles. The number of carbonyl (C=O) groups is 1. The van der Waals surface area contributed by atoms with Gasteiger partial charge in [-0.2, -0.15) is 16.9 Å². The molecule has 1 aliphatic heterocycles. The van der Waals surface area contributed by atoms with Crippen LogP contribution >= 0.6 is 11.8 Å². The molecule has 156 valence electrons. The molecule has 7 heteroatoms. The zero-order valence-corrected chi connectivity index (χ0v) is 17.7. The van der Waals surface area contributed by atoms with Crippen LogP contribution in [0.2, 0.25) is 0 Å². The van der Waals surface area contributed by atoms with Crippen LogP contribution in [-0.2, 0) is 4.79 Å². The summed E-state index contributed by atoms with van der Waals surface area (Å²) in [5.41, 5.74) is 2.08. The number of unbranched alkanes of at least 4 members (excludes halogenated alkanes) is 1.